The van der Waals surface area contributed by atoms with Gasteiger partial charge in [-0.25, -0.2) is 0 Å². The zero-order chi connectivity index (χ0) is 11.5. The molecule has 0 bridgehead atoms. The van der Waals surface area contributed by atoms with Crippen molar-refractivity contribution in [3.63, 3.8) is 0 Å². The number of likely N-dealkylation sites (tertiary alicyclic amines) is 1. The molecule has 1 unspecified atom stereocenters. The number of nitrogens with zero attached hydrogens (tertiary/aromatic N) is 2. The fourth-order valence-corrected chi connectivity index (χ4v) is 2.90. The van der Waals surface area contributed by atoms with Crippen LogP contribution in [-0.2, 0) is 13.0 Å². The van der Waals surface area contributed by atoms with Crippen LogP contribution in [0.3, 0.4) is 0 Å². The number of nitrogens with one attached hydrogen (secondary N) is 1. The Balaban J connectivity index is 2.13. The van der Waals surface area contributed by atoms with Crippen LogP contribution < -0.4 is 0 Å². The van der Waals surface area contributed by atoms with Crippen molar-refractivity contribution >= 4 is 12.2 Å². The summed E-state index contributed by atoms with van der Waals surface area (Å²) in [6.45, 7) is 7.89. The summed E-state index contributed by atoms with van der Waals surface area (Å²) in [5.74, 6) is 0. The summed E-state index contributed by atoms with van der Waals surface area (Å²) in [5, 5.41) is 0. The molecule has 1 aromatic rings. The molecule has 1 saturated heterocycles. The molecule has 1 fully saturated rings. The van der Waals surface area contributed by atoms with Crippen molar-refractivity contribution in [1.82, 2.24) is 14.5 Å². The molecule has 3 nitrogen and oxygen atoms in total. The number of hydrogen-bond acceptors (Lipinski definition) is 2. The van der Waals surface area contributed by atoms with Crippen LogP contribution in [0.25, 0.3) is 0 Å². The van der Waals surface area contributed by atoms with Crippen molar-refractivity contribution in [1.29, 1.82) is 0 Å². The Labute approximate surface area is 102 Å². The monoisotopic (exact) mass is 239 g/mol. The highest BCUT2D eigenvalue weighted by Gasteiger charge is 2.23. The van der Waals surface area contributed by atoms with E-state index >= 15 is 0 Å². The van der Waals surface area contributed by atoms with Gasteiger partial charge >= 0.3 is 0 Å². The van der Waals surface area contributed by atoms with Crippen LogP contribution in [-0.4, -0.2) is 33.6 Å². The lowest BCUT2D eigenvalue weighted by Crippen LogP contribution is -2.33. The molecule has 1 N–H and O–H groups in total. The largest absolute Gasteiger partial charge is 0.337 e. The van der Waals surface area contributed by atoms with Gasteiger partial charge in [0.2, 0.25) is 0 Å². The zero-order valence-corrected chi connectivity index (χ0v) is 11.0. The predicted molar refractivity (Wildman–Crippen MR) is 69.3 cm³/mol. The van der Waals surface area contributed by atoms with Crippen molar-refractivity contribution < 1.29 is 0 Å². The highest BCUT2D eigenvalue weighted by Crippen LogP contribution is 2.19. The smallest absolute Gasteiger partial charge is 0.177 e. The summed E-state index contributed by atoms with van der Waals surface area (Å²) in [6.07, 6.45) is 5.74. The second-order valence-electron chi connectivity index (χ2n) is 4.47. The fraction of sp³-hybridized carbons (Fsp3) is 0.750. The average Bonchev–Trinajstić information content (AvgIpc) is 2.87. The van der Waals surface area contributed by atoms with E-state index in [9.17, 15) is 0 Å². The van der Waals surface area contributed by atoms with Crippen molar-refractivity contribution in [3.05, 3.63) is 16.7 Å². The molecule has 0 aromatic carbocycles. The zero-order valence-electron chi connectivity index (χ0n) is 10.2. The van der Waals surface area contributed by atoms with E-state index < -0.39 is 0 Å². The number of rotatable bonds is 4. The highest BCUT2D eigenvalue weighted by atomic mass is 32.1. The third-order valence-corrected chi connectivity index (χ3v) is 3.95. The third-order valence-electron chi connectivity index (χ3n) is 3.61. The minimum Gasteiger partial charge on any atom is -0.337 e. The summed E-state index contributed by atoms with van der Waals surface area (Å²) in [4.78, 5) is 5.72. The third kappa shape index (κ3) is 2.23. The molecule has 16 heavy (non-hydrogen) atoms. The van der Waals surface area contributed by atoms with Gasteiger partial charge in [-0.05, 0) is 44.6 Å². The van der Waals surface area contributed by atoms with E-state index in [0.29, 0.717) is 6.04 Å². The Morgan fingerprint density at radius 2 is 2.31 bits per heavy atom. The SMILES string of the molecule is CCc1c[nH]c(=S)n1CC1CCCN1CC. The lowest BCUT2D eigenvalue weighted by atomic mass is 10.2. The van der Waals surface area contributed by atoms with E-state index in [0.717, 1.165) is 24.3 Å². The maximum Gasteiger partial charge on any atom is 0.177 e. The Hall–Kier alpha value is -0.610. The maximum atomic E-state index is 5.34. The normalized spacial score (nSPS) is 21.8. The molecule has 1 aliphatic rings. The molecule has 0 saturated carbocycles. The van der Waals surface area contributed by atoms with Gasteiger partial charge in [0, 0.05) is 24.5 Å². The first-order chi connectivity index (χ1) is 7.76. The number of imidazole rings is 1. The van der Waals surface area contributed by atoms with Crippen molar-refractivity contribution in [2.24, 2.45) is 0 Å². The lowest BCUT2D eigenvalue weighted by Gasteiger charge is -2.23. The van der Waals surface area contributed by atoms with E-state index in [1.54, 1.807) is 0 Å². The quantitative estimate of drug-likeness (QED) is 0.817. The average molecular weight is 239 g/mol. The summed E-state index contributed by atoms with van der Waals surface area (Å²) < 4.78 is 3.15. The number of H-pyrrole nitrogens is 1. The molecule has 1 atom stereocenters. The molecule has 2 rings (SSSR count). The van der Waals surface area contributed by atoms with Crippen LogP contribution >= 0.6 is 12.2 Å². The van der Waals surface area contributed by atoms with Gasteiger partial charge in [-0.2, -0.15) is 0 Å². The first-order valence-corrected chi connectivity index (χ1v) is 6.68. The topological polar surface area (TPSA) is 24.0 Å². The summed E-state index contributed by atoms with van der Waals surface area (Å²) >= 11 is 5.34. The molecule has 90 valence electrons. The van der Waals surface area contributed by atoms with Crippen LogP contribution in [0.15, 0.2) is 6.20 Å². The van der Waals surface area contributed by atoms with Gasteiger partial charge in [-0.3, -0.25) is 4.90 Å². The predicted octanol–water partition coefficient (Wildman–Crippen LogP) is 2.59. The first-order valence-electron chi connectivity index (χ1n) is 6.27. The summed E-state index contributed by atoms with van der Waals surface area (Å²) in [5.41, 5.74) is 1.33. The van der Waals surface area contributed by atoms with Gasteiger partial charge in [0.15, 0.2) is 4.77 Å². The van der Waals surface area contributed by atoms with Gasteiger partial charge in [0.05, 0.1) is 0 Å². The van der Waals surface area contributed by atoms with Crippen LogP contribution in [0.4, 0.5) is 0 Å². The molecule has 4 heteroatoms. The minimum atomic E-state index is 0.679. The van der Waals surface area contributed by atoms with Crippen molar-refractivity contribution in [2.75, 3.05) is 13.1 Å². The number of aryl methyl sites for hydroxylation is 1. The van der Waals surface area contributed by atoms with Crippen LogP contribution in [0.1, 0.15) is 32.4 Å². The molecule has 1 aromatic heterocycles. The van der Waals surface area contributed by atoms with E-state index in [1.165, 1.54) is 25.1 Å². The standard InChI is InChI=1S/C12H21N3S/c1-3-10-8-13-12(16)15(10)9-11-6-5-7-14(11)4-2/h8,11H,3-7,9H2,1-2H3,(H,13,16). The van der Waals surface area contributed by atoms with E-state index in [1.807, 2.05) is 6.20 Å². The fourth-order valence-electron chi connectivity index (χ4n) is 2.65. The van der Waals surface area contributed by atoms with Gasteiger partial charge in [-0.1, -0.05) is 13.8 Å². The number of aromatic amines is 1. The van der Waals surface area contributed by atoms with Crippen molar-refractivity contribution in [3.8, 4) is 0 Å². The van der Waals surface area contributed by atoms with Gasteiger partial charge < -0.3 is 9.55 Å². The molecule has 0 amide bonds. The molecule has 2 heterocycles. The minimum absolute atomic E-state index is 0.679. The molecular formula is C12H21N3S. The Morgan fingerprint density at radius 1 is 1.50 bits per heavy atom. The van der Waals surface area contributed by atoms with Gasteiger partial charge in [-0.15, -0.1) is 0 Å². The Bertz CT molecular complexity index is 393. The van der Waals surface area contributed by atoms with E-state index in [-0.39, 0.29) is 0 Å². The summed E-state index contributed by atoms with van der Waals surface area (Å²) in [7, 11) is 0. The van der Waals surface area contributed by atoms with E-state index in [2.05, 4.69) is 28.3 Å². The number of hydrogen-bond donors (Lipinski definition) is 1. The number of likely N-dealkylation sites (N-methyl/N-ethyl adjacent to an activating group) is 1. The number of aromatic nitrogens is 2. The Morgan fingerprint density at radius 3 is 3.00 bits per heavy atom. The molecule has 0 spiro atoms. The lowest BCUT2D eigenvalue weighted by molar-refractivity contribution is 0.242. The molecule has 0 radical (unpaired) electrons. The van der Waals surface area contributed by atoms with Crippen LogP contribution in [0.5, 0.6) is 0 Å². The highest BCUT2D eigenvalue weighted by molar-refractivity contribution is 7.71. The van der Waals surface area contributed by atoms with Crippen molar-refractivity contribution in [2.45, 2.75) is 45.7 Å². The van der Waals surface area contributed by atoms with Gasteiger partial charge in [0.25, 0.3) is 0 Å². The summed E-state index contributed by atoms with van der Waals surface area (Å²) in [6, 6.07) is 0.679. The van der Waals surface area contributed by atoms with Crippen LogP contribution in [0.2, 0.25) is 0 Å². The van der Waals surface area contributed by atoms with E-state index in [4.69, 9.17) is 12.2 Å². The molecular weight excluding hydrogens is 218 g/mol. The van der Waals surface area contributed by atoms with Crippen LogP contribution in [0, 0.1) is 4.77 Å². The second-order valence-corrected chi connectivity index (χ2v) is 4.86. The molecule has 1 aliphatic heterocycles. The first kappa shape index (κ1) is 11.9. The molecule has 0 aliphatic carbocycles. The maximum absolute atomic E-state index is 5.34. The Kier molecular flexibility index (Phi) is 3.82. The van der Waals surface area contributed by atoms with Gasteiger partial charge in [0.1, 0.15) is 0 Å². The second kappa shape index (κ2) is 5.15.